The first-order valence-corrected chi connectivity index (χ1v) is 7.35. The SMILES string of the molecule is O=C1Cn2c(cc3ccc(C(=O)O)cc32)-c2ccccc2CN1. The van der Waals surface area contributed by atoms with Gasteiger partial charge in [0, 0.05) is 28.7 Å². The molecule has 4 rings (SSSR count). The van der Waals surface area contributed by atoms with Crippen LogP contribution in [0.15, 0.2) is 48.5 Å². The molecular weight excluding hydrogens is 292 g/mol. The van der Waals surface area contributed by atoms with Gasteiger partial charge in [0.15, 0.2) is 0 Å². The third kappa shape index (κ3) is 2.17. The molecule has 1 aromatic heterocycles. The van der Waals surface area contributed by atoms with E-state index in [0.717, 1.165) is 27.7 Å². The third-order valence-electron chi connectivity index (χ3n) is 4.22. The van der Waals surface area contributed by atoms with E-state index in [4.69, 9.17) is 0 Å². The lowest BCUT2D eigenvalue weighted by Gasteiger charge is -2.18. The van der Waals surface area contributed by atoms with Gasteiger partial charge in [-0.2, -0.15) is 0 Å². The molecule has 23 heavy (non-hydrogen) atoms. The second-order valence-electron chi connectivity index (χ2n) is 5.63. The molecule has 0 radical (unpaired) electrons. The molecule has 0 atom stereocenters. The zero-order valence-electron chi connectivity index (χ0n) is 12.2. The minimum atomic E-state index is -0.974. The van der Waals surface area contributed by atoms with Gasteiger partial charge in [-0.05, 0) is 23.8 Å². The van der Waals surface area contributed by atoms with Crippen LogP contribution in [-0.2, 0) is 17.9 Å². The van der Waals surface area contributed by atoms with Crippen LogP contribution < -0.4 is 5.32 Å². The van der Waals surface area contributed by atoms with Gasteiger partial charge in [-0.25, -0.2) is 4.79 Å². The van der Waals surface area contributed by atoms with E-state index < -0.39 is 5.97 Å². The molecule has 0 fully saturated rings. The number of benzene rings is 2. The lowest BCUT2D eigenvalue weighted by molar-refractivity contribution is -0.121. The average Bonchev–Trinajstić information content (AvgIpc) is 2.89. The second-order valence-corrected chi connectivity index (χ2v) is 5.63. The maximum atomic E-state index is 12.1. The number of nitrogens with zero attached hydrogens (tertiary/aromatic N) is 1. The highest BCUT2D eigenvalue weighted by molar-refractivity contribution is 5.96. The molecule has 114 valence electrons. The molecule has 1 aliphatic rings. The van der Waals surface area contributed by atoms with Crippen LogP contribution in [-0.4, -0.2) is 21.6 Å². The minimum absolute atomic E-state index is 0.0843. The van der Waals surface area contributed by atoms with Crippen LogP contribution in [0.2, 0.25) is 0 Å². The van der Waals surface area contributed by atoms with E-state index in [2.05, 4.69) is 5.32 Å². The smallest absolute Gasteiger partial charge is 0.335 e. The molecule has 2 N–H and O–H groups in total. The zero-order valence-corrected chi connectivity index (χ0v) is 12.2. The van der Waals surface area contributed by atoms with Gasteiger partial charge in [-0.1, -0.05) is 30.3 Å². The number of nitrogens with one attached hydrogen (secondary N) is 1. The van der Waals surface area contributed by atoms with Gasteiger partial charge in [0.2, 0.25) is 5.91 Å². The lowest BCUT2D eigenvalue weighted by atomic mass is 10.0. The monoisotopic (exact) mass is 306 g/mol. The fraction of sp³-hybridized carbons (Fsp3) is 0.111. The van der Waals surface area contributed by atoms with Gasteiger partial charge in [0.05, 0.1) is 5.56 Å². The predicted molar refractivity (Wildman–Crippen MR) is 86.2 cm³/mol. The quantitative estimate of drug-likeness (QED) is 0.726. The second kappa shape index (κ2) is 4.98. The van der Waals surface area contributed by atoms with Gasteiger partial charge in [0.25, 0.3) is 0 Å². The number of carboxylic acids is 1. The highest BCUT2D eigenvalue weighted by atomic mass is 16.4. The number of carbonyl (C=O) groups excluding carboxylic acids is 1. The maximum absolute atomic E-state index is 12.1. The van der Waals surface area contributed by atoms with Crippen LogP contribution in [0.5, 0.6) is 0 Å². The zero-order chi connectivity index (χ0) is 16.0. The Morgan fingerprint density at radius 1 is 1.13 bits per heavy atom. The Morgan fingerprint density at radius 3 is 2.78 bits per heavy atom. The predicted octanol–water partition coefficient (Wildman–Crippen LogP) is 2.64. The molecule has 0 aliphatic carbocycles. The highest BCUT2D eigenvalue weighted by Crippen LogP contribution is 2.32. The Bertz CT molecular complexity index is 956. The topological polar surface area (TPSA) is 71.3 Å². The van der Waals surface area contributed by atoms with E-state index in [9.17, 15) is 14.7 Å². The van der Waals surface area contributed by atoms with Crippen LogP contribution in [0.3, 0.4) is 0 Å². The van der Waals surface area contributed by atoms with E-state index in [-0.39, 0.29) is 18.0 Å². The summed E-state index contributed by atoms with van der Waals surface area (Å²) in [7, 11) is 0. The van der Waals surface area contributed by atoms with Gasteiger partial charge in [0.1, 0.15) is 6.54 Å². The Kier molecular flexibility index (Phi) is 2.94. The summed E-state index contributed by atoms with van der Waals surface area (Å²) in [5, 5.41) is 13.0. The normalized spacial score (nSPS) is 13.7. The number of rotatable bonds is 1. The number of aromatic carboxylic acids is 1. The van der Waals surface area contributed by atoms with Crippen molar-refractivity contribution in [2.24, 2.45) is 0 Å². The number of fused-ring (bicyclic) bond motifs is 5. The standard InChI is InChI=1S/C18H14N2O3/c21-17-10-20-15-8-12(18(22)23)6-5-11(15)7-16(20)14-4-2-1-3-13(14)9-19-17/h1-8H,9-10H2,(H,19,21)(H,22,23). The maximum Gasteiger partial charge on any atom is 0.335 e. The molecule has 0 spiro atoms. The fourth-order valence-corrected chi connectivity index (χ4v) is 3.10. The molecule has 5 nitrogen and oxygen atoms in total. The van der Waals surface area contributed by atoms with E-state index in [1.54, 1.807) is 18.2 Å². The summed E-state index contributed by atoms with van der Waals surface area (Å²) in [6.07, 6.45) is 0. The van der Waals surface area contributed by atoms with Crippen molar-refractivity contribution in [2.75, 3.05) is 0 Å². The van der Waals surface area contributed by atoms with E-state index in [1.165, 1.54) is 0 Å². The summed E-state index contributed by atoms with van der Waals surface area (Å²) in [6.45, 7) is 0.674. The van der Waals surface area contributed by atoms with E-state index in [0.29, 0.717) is 6.54 Å². The molecule has 0 bridgehead atoms. The molecule has 1 aliphatic heterocycles. The first kappa shape index (κ1) is 13.6. The number of carboxylic acid groups (broad SMARTS) is 1. The first-order chi connectivity index (χ1) is 11.1. The van der Waals surface area contributed by atoms with Crippen molar-refractivity contribution in [1.29, 1.82) is 0 Å². The summed E-state index contributed by atoms with van der Waals surface area (Å²) in [4.78, 5) is 23.4. The van der Waals surface area contributed by atoms with Crippen molar-refractivity contribution in [3.63, 3.8) is 0 Å². The number of carbonyl (C=O) groups is 2. The van der Waals surface area contributed by atoms with Crippen molar-refractivity contribution < 1.29 is 14.7 Å². The molecule has 2 aromatic carbocycles. The summed E-state index contributed by atoms with van der Waals surface area (Å²) < 4.78 is 1.88. The fourth-order valence-electron chi connectivity index (χ4n) is 3.10. The number of aromatic nitrogens is 1. The van der Waals surface area contributed by atoms with Crippen LogP contribution in [0.25, 0.3) is 22.2 Å². The molecular formula is C18H14N2O3. The largest absolute Gasteiger partial charge is 0.478 e. The summed E-state index contributed by atoms with van der Waals surface area (Å²) in [6, 6.07) is 14.9. The number of hydrogen-bond acceptors (Lipinski definition) is 2. The first-order valence-electron chi connectivity index (χ1n) is 7.35. The van der Waals surface area contributed by atoms with Crippen molar-refractivity contribution in [1.82, 2.24) is 9.88 Å². The van der Waals surface area contributed by atoms with Gasteiger partial charge < -0.3 is 15.0 Å². The van der Waals surface area contributed by atoms with Gasteiger partial charge in [-0.15, -0.1) is 0 Å². The summed E-state index contributed by atoms with van der Waals surface area (Å²) in [5.74, 6) is -1.06. The van der Waals surface area contributed by atoms with Crippen molar-refractivity contribution in [2.45, 2.75) is 13.1 Å². The van der Waals surface area contributed by atoms with Crippen LogP contribution in [0, 0.1) is 0 Å². The van der Waals surface area contributed by atoms with Crippen LogP contribution >= 0.6 is 0 Å². The molecule has 1 amide bonds. The van der Waals surface area contributed by atoms with Gasteiger partial charge >= 0.3 is 5.97 Å². The molecule has 0 saturated carbocycles. The average molecular weight is 306 g/mol. The van der Waals surface area contributed by atoms with E-state index in [1.807, 2.05) is 34.9 Å². The van der Waals surface area contributed by atoms with E-state index >= 15 is 0 Å². The number of hydrogen-bond donors (Lipinski definition) is 2. The molecule has 5 heteroatoms. The van der Waals surface area contributed by atoms with Crippen LogP contribution in [0.1, 0.15) is 15.9 Å². The molecule has 2 heterocycles. The van der Waals surface area contributed by atoms with Gasteiger partial charge in [-0.3, -0.25) is 4.79 Å². The molecule has 0 unspecified atom stereocenters. The Balaban J connectivity index is 2.04. The Morgan fingerprint density at radius 2 is 1.96 bits per heavy atom. The summed E-state index contributed by atoms with van der Waals surface area (Å²) in [5.41, 5.74) is 4.01. The lowest BCUT2D eigenvalue weighted by Crippen LogP contribution is -2.29. The Labute approximate surface area is 132 Å². The van der Waals surface area contributed by atoms with Crippen molar-refractivity contribution in [3.8, 4) is 11.3 Å². The highest BCUT2D eigenvalue weighted by Gasteiger charge is 2.19. The van der Waals surface area contributed by atoms with Crippen molar-refractivity contribution >= 4 is 22.8 Å². The Hall–Kier alpha value is -3.08. The molecule has 3 aromatic rings. The minimum Gasteiger partial charge on any atom is -0.478 e. The van der Waals surface area contributed by atoms with Crippen molar-refractivity contribution in [3.05, 3.63) is 59.7 Å². The molecule has 0 saturated heterocycles. The summed E-state index contributed by atoms with van der Waals surface area (Å²) >= 11 is 0. The van der Waals surface area contributed by atoms with Crippen LogP contribution in [0.4, 0.5) is 0 Å². The number of amides is 1. The third-order valence-corrected chi connectivity index (χ3v) is 4.22.